The summed E-state index contributed by atoms with van der Waals surface area (Å²) in [5, 5.41) is 0. The largest absolute Gasteiger partial charge is 0.377 e. The number of carbonyl (C=O) groups is 1. The molecule has 1 aromatic rings. The fourth-order valence-electron chi connectivity index (χ4n) is 2.07. The van der Waals surface area contributed by atoms with Crippen molar-refractivity contribution in [3.8, 4) is 0 Å². The molecule has 1 saturated heterocycles. The van der Waals surface area contributed by atoms with Crippen LogP contribution >= 0.6 is 0 Å². The van der Waals surface area contributed by atoms with Crippen molar-refractivity contribution in [1.29, 1.82) is 0 Å². The summed E-state index contributed by atoms with van der Waals surface area (Å²) in [5.74, 6) is 0. The Kier molecular flexibility index (Phi) is 2.96. The van der Waals surface area contributed by atoms with Crippen molar-refractivity contribution >= 4 is 6.03 Å². The molecule has 0 aromatic carbocycles. The van der Waals surface area contributed by atoms with E-state index in [1.807, 2.05) is 11.8 Å². The van der Waals surface area contributed by atoms with Crippen LogP contribution in [0.5, 0.6) is 0 Å². The van der Waals surface area contributed by atoms with Crippen molar-refractivity contribution < 1.29 is 9.53 Å². The fraction of sp³-hybridized carbons (Fsp3) is 0.636. The molecule has 1 aliphatic heterocycles. The van der Waals surface area contributed by atoms with E-state index in [-0.39, 0.29) is 11.6 Å². The molecular weight excluding hydrogens is 206 g/mol. The van der Waals surface area contributed by atoms with Crippen LogP contribution in [0.25, 0.3) is 0 Å². The number of amides is 1. The molecule has 1 aliphatic rings. The van der Waals surface area contributed by atoms with Crippen LogP contribution in [0.2, 0.25) is 0 Å². The van der Waals surface area contributed by atoms with Crippen LogP contribution in [0.4, 0.5) is 4.79 Å². The molecule has 0 N–H and O–H groups in total. The third-order valence-electron chi connectivity index (χ3n) is 3.15. The van der Waals surface area contributed by atoms with E-state index in [4.69, 9.17) is 4.74 Å². The Morgan fingerprint density at radius 3 is 3.00 bits per heavy atom. The Hall–Kier alpha value is -1.36. The third-order valence-corrected chi connectivity index (χ3v) is 3.15. The highest BCUT2D eigenvalue weighted by Crippen LogP contribution is 2.24. The Morgan fingerprint density at radius 1 is 1.56 bits per heavy atom. The summed E-state index contributed by atoms with van der Waals surface area (Å²) < 4.78 is 6.96. The summed E-state index contributed by atoms with van der Waals surface area (Å²) in [6.45, 7) is 3.47. The van der Waals surface area contributed by atoms with Crippen molar-refractivity contribution in [3.05, 3.63) is 18.7 Å². The standard InChI is InChI=1S/C11H17N3O2/c1-11(16-2)4-3-6-13(8-11)10(15)14-7-5-12-9-14/h5,7,9H,3-4,6,8H2,1-2H3. The lowest BCUT2D eigenvalue weighted by atomic mass is 9.95. The SMILES string of the molecule is COC1(C)CCCN(C(=O)n2ccnc2)C1. The van der Waals surface area contributed by atoms with Crippen LogP contribution in [0.3, 0.4) is 0 Å². The van der Waals surface area contributed by atoms with Gasteiger partial charge in [0, 0.05) is 26.0 Å². The van der Waals surface area contributed by atoms with Gasteiger partial charge in [0.05, 0.1) is 12.1 Å². The van der Waals surface area contributed by atoms with Crippen molar-refractivity contribution in [1.82, 2.24) is 14.5 Å². The van der Waals surface area contributed by atoms with E-state index >= 15 is 0 Å². The summed E-state index contributed by atoms with van der Waals surface area (Å²) in [7, 11) is 1.70. The predicted octanol–water partition coefficient (Wildman–Crippen LogP) is 1.35. The third kappa shape index (κ3) is 2.09. The first kappa shape index (κ1) is 11.1. The molecule has 0 bridgehead atoms. The zero-order valence-corrected chi connectivity index (χ0v) is 9.72. The van der Waals surface area contributed by atoms with E-state index in [9.17, 15) is 4.79 Å². The van der Waals surface area contributed by atoms with Crippen molar-refractivity contribution in [2.45, 2.75) is 25.4 Å². The van der Waals surface area contributed by atoms with Crippen molar-refractivity contribution in [3.63, 3.8) is 0 Å². The monoisotopic (exact) mass is 223 g/mol. The maximum Gasteiger partial charge on any atom is 0.329 e. The highest BCUT2D eigenvalue weighted by atomic mass is 16.5. The minimum atomic E-state index is -0.214. The van der Waals surface area contributed by atoms with Crippen LogP contribution in [-0.2, 0) is 4.74 Å². The van der Waals surface area contributed by atoms with E-state index in [0.29, 0.717) is 6.54 Å². The number of rotatable bonds is 1. The fourth-order valence-corrected chi connectivity index (χ4v) is 2.07. The number of imidazole rings is 1. The first-order valence-corrected chi connectivity index (χ1v) is 5.47. The number of methoxy groups -OCH3 is 1. The average Bonchev–Trinajstić information content (AvgIpc) is 2.82. The maximum absolute atomic E-state index is 12.1. The molecule has 2 heterocycles. The summed E-state index contributed by atoms with van der Waals surface area (Å²) in [5.41, 5.74) is -0.214. The zero-order valence-electron chi connectivity index (χ0n) is 9.72. The molecule has 2 rings (SSSR count). The normalized spacial score (nSPS) is 25.8. The topological polar surface area (TPSA) is 47.4 Å². The molecule has 0 radical (unpaired) electrons. The lowest BCUT2D eigenvalue weighted by Gasteiger charge is -2.39. The Morgan fingerprint density at radius 2 is 2.38 bits per heavy atom. The smallest absolute Gasteiger partial charge is 0.329 e. The Labute approximate surface area is 95.0 Å². The van der Waals surface area contributed by atoms with Gasteiger partial charge in [-0.15, -0.1) is 0 Å². The van der Waals surface area contributed by atoms with Gasteiger partial charge in [-0.1, -0.05) is 0 Å². The lowest BCUT2D eigenvalue weighted by Crippen LogP contribution is -2.50. The number of hydrogen-bond acceptors (Lipinski definition) is 3. The summed E-state index contributed by atoms with van der Waals surface area (Å²) in [4.78, 5) is 17.8. The van der Waals surface area contributed by atoms with E-state index in [1.54, 1.807) is 19.5 Å². The van der Waals surface area contributed by atoms with Crippen molar-refractivity contribution in [2.75, 3.05) is 20.2 Å². The number of piperidine rings is 1. The van der Waals surface area contributed by atoms with Gasteiger partial charge in [0.25, 0.3) is 0 Å². The van der Waals surface area contributed by atoms with Crippen LogP contribution in [0.1, 0.15) is 19.8 Å². The van der Waals surface area contributed by atoms with E-state index in [0.717, 1.165) is 19.4 Å². The molecule has 16 heavy (non-hydrogen) atoms. The number of carbonyl (C=O) groups excluding carboxylic acids is 1. The number of ether oxygens (including phenoxy) is 1. The minimum absolute atomic E-state index is 0.0273. The summed E-state index contributed by atoms with van der Waals surface area (Å²) >= 11 is 0. The van der Waals surface area contributed by atoms with Crippen LogP contribution in [0.15, 0.2) is 18.7 Å². The first-order chi connectivity index (χ1) is 7.64. The van der Waals surface area contributed by atoms with Gasteiger partial charge < -0.3 is 9.64 Å². The Balaban J connectivity index is 2.08. The number of hydrogen-bond donors (Lipinski definition) is 0. The van der Waals surface area contributed by atoms with Gasteiger partial charge in [-0.2, -0.15) is 0 Å². The molecule has 5 nitrogen and oxygen atoms in total. The molecule has 0 saturated carbocycles. The average molecular weight is 223 g/mol. The number of aromatic nitrogens is 2. The zero-order chi connectivity index (χ0) is 11.6. The highest BCUT2D eigenvalue weighted by Gasteiger charge is 2.33. The predicted molar refractivity (Wildman–Crippen MR) is 59.2 cm³/mol. The van der Waals surface area contributed by atoms with E-state index in [2.05, 4.69) is 4.98 Å². The van der Waals surface area contributed by atoms with Crippen LogP contribution in [-0.4, -0.2) is 46.3 Å². The van der Waals surface area contributed by atoms with Gasteiger partial charge in [0.1, 0.15) is 6.33 Å². The van der Waals surface area contributed by atoms with E-state index in [1.165, 1.54) is 10.9 Å². The first-order valence-electron chi connectivity index (χ1n) is 5.47. The molecule has 1 fully saturated rings. The van der Waals surface area contributed by atoms with Crippen molar-refractivity contribution in [2.24, 2.45) is 0 Å². The molecule has 1 atom stereocenters. The molecule has 88 valence electrons. The quantitative estimate of drug-likeness (QED) is 0.722. The minimum Gasteiger partial charge on any atom is -0.377 e. The molecule has 1 amide bonds. The van der Waals surface area contributed by atoms with Crippen LogP contribution in [0, 0.1) is 0 Å². The number of likely N-dealkylation sites (tertiary alicyclic amines) is 1. The van der Waals surface area contributed by atoms with Gasteiger partial charge in [0.15, 0.2) is 0 Å². The molecule has 1 unspecified atom stereocenters. The second kappa shape index (κ2) is 4.25. The second-order valence-electron chi connectivity index (χ2n) is 4.43. The summed E-state index contributed by atoms with van der Waals surface area (Å²) in [6, 6.07) is -0.0273. The molecule has 0 spiro atoms. The second-order valence-corrected chi connectivity index (χ2v) is 4.43. The Bertz CT molecular complexity index is 363. The highest BCUT2D eigenvalue weighted by molar-refractivity contribution is 5.76. The van der Waals surface area contributed by atoms with Gasteiger partial charge >= 0.3 is 6.03 Å². The van der Waals surface area contributed by atoms with Gasteiger partial charge in [0.2, 0.25) is 0 Å². The molecular formula is C11H17N3O2. The molecule has 1 aromatic heterocycles. The lowest BCUT2D eigenvalue weighted by molar-refractivity contribution is -0.0400. The summed E-state index contributed by atoms with van der Waals surface area (Å²) in [6.07, 6.45) is 6.78. The van der Waals surface area contributed by atoms with Crippen LogP contribution < -0.4 is 0 Å². The van der Waals surface area contributed by atoms with E-state index < -0.39 is 0 Å². The van der Waals surface area contributed by atoms with Gasteiger partial charge in [-0.25, -0.2) is 9.78 Å². The van der Waals surface area contributed by atoms with Gasteiger partial charge in [-0.05, 0) is 19.8 Å². The molecule has 5 heteroatoms. The number of nitrogens with zero attached hydrogens (tertiary/aromatic N) is 3. The van der Waals surface area contributed by atoms with Gasteiger partial charge in [-0.3, -0.25) is 4.57 Å². The maximum atomic E-state index is 12.1. The molecule has 0 aliphatic carbocycles.